The van der Waals surface area contributed by atoms with Gasteiger partial charge >= 0.3 is 0 Å². The van der Waals surface area contributed by atoms with E-state index in [0.717, 1.165) is 10.0 Å². The van der Waals surface area contributed by atoms with Gasteiger partial charge in [0.25, 0.3) is 0 Å². The fraction of sp³-hybridized carbons (Fsp3) is 0.222. The highest BCUT2D eigenvalue weighted by Gasteiger charge is 2.07. The molecular weight excluding hydrogens is 234 g/mol. The molecule has 0 spiro atoms. The quantitative estimate of drug-likeness (QED) is 0.590. The Morgan fingerprint density at radius 2 is 2.23 bits per heavy atom. The van der Waals surface area contributed by atoms with E-state index in [-0.39, 0.29) is 0 Å². The second kappa shape index (κ2) is 4.21. The molecule has 0 saturated heterocycles. The van der Waals surface area contributed by atoms with Gasteiger partial charge in [0, 0.05) is 4.47 Å². The molecule has 0 heterocycles. The molecule has 4 heteroatoms. The Morgan fingerprint density at radius 1 is 1.54 bits per heavy atom. The summed E-state index contributed by atoms with van der Waals surface area (Å²) in [6, 6.07) is 3.59. The van der Waals surface area contributed by atoms with Crippen molar-refractivity contribution >= 4 is 27.7 Å². The van der Waals surface area contributed by atoms with Crippen LogP contribution in [0.15, 0.2) is 21.6 Å². The van der Waals surface area contributed by atoms with E-state index in [1.165, 1.54) is 13.2 Å². The Bertz CT molecular complexity index is 370. The third-order valence-electron chi connectivity index (χ3n) is 1.71. The number of rotatable bonds is 2. The van der Waals surface area contributed by atoms with Crippen molar-refractivity contribution in [3.05, 3.63) is 22.2 Å². The first-order valence-electron chi connectivity index (χ1n) is 3.61. The number of hydrogen-bond acceptors (Lipinski definition) is 3. The zero-order chi connectivity index (χ0) is 9.84. The maximum absolute atomic E-state index is 10.1. The summed E-state index contributed by atoms with van der Waals surface area (Å²) in [5, 5.41) is 0. The summed E-state index contributed by atoms with van der Waals surface area (Å²) in [6.07, 6.45) is 1.50. The predicted octanol–water partition coefficient (Wildman–Crippen LogP) is 2.73. The summed E-state index contributed by atoms with van der Waals surface area (Å²) in [4.78, 5) is 13.7. The van der Waals surface area contributed by atoms with E-state index in [0.29, 0.717) is 11.4 Å². The van der Waals surface area contributed by atoms with Crippen LogP contribution in [-0.4, -0.2) is 13.2 Å². The largest absolute Gasteiger partial charge is 0.494 e. The van der Waals surface area contributed by atoms with Gasteiger partial charge in [0.2, 0.25) is 6.08 Å². The Kier molecular flexibility index (Phi) is 3.23. The Hall–Kier alpha value is -1.12. The van der Waals surface area contributed by atoms with Crippen LogP contribution in [0.25, 0.3) is 0 Å². The van der Waals surface area contributed by atoms with Crippen LogP contribution in [-0.2, 0) is 4.79 Å². The van der Waals surface area contributed by atoms with E-state index >= 15 is 0 Å². The number of aliphatic imine (C=N–C) groups is 1. The highest BCUT2D eigenvalue weighted by atomic mass is 79.9. The first-order valence-corrected chi connectivity index (χ1v) is 4.41. The summed E-state index contributed by atoms with van der Waals surface area (Å²) in [5.74, 6) is 0.573. The molecule has 3 nitrogen and oxygen atoms in total. The lowest BCUT2D eigenvalue weighted by atomic mass is 10.2. The zero-order valence-corrected chi connectivity index (χ0v) is 8.88. The minimum Gasteiger partial charge on any atom is -0.494 e. The average Bonchev–Trinajstić information content (AvgIpc) is 2.14. The van der Waals surface area contributed by atoms with Gasteiger partial charge in [-0.3, -0.25) is 0 Å². The molecule has 13 heavy (non-hydrogen) atoms. The molecule has 0 aliphatic rings. The molecule has 0 aliphatic carbocycles. The lowest BCUT2D eigenvalue weighted by Crippen LogP contribution is -1.86. The SMILES string of the molecule is COc1ccc(Br)c(C)c1N=C=O. The third-order valence-corrected chi connectivity index (χ3v) is 2.56. The highest BCUT2D eigenvalue weighted by molar-refractivity contribution is 9.10. The molecule has 0 radical (unpaired) electrons. The van der Waals surface area contributed by atoms with Crippen LogP contribution in [0.5, 0.6) is 5.75 Å². The van der Waals surface area contributed by atoms with Crippen molar-refractivity contribution in [2.75, 3.05) is 7.11 Å². The fourth-order valence-electron chi connectivity index (χ4n) is 1.00. The molecule has 68 valence electrons. The molecule has 0 N–H and O–H groups in total. The predicted molar refractivity (Wildman–Crippen MR) is 53.2 cm³/mol. The number of ether oxygens (including phenoxy) is 1. The zero-order valence-electron chi connectivity index (χ0n) is 7.30. The monoisotopic (exact) mass is 241 g/mol. The number of methoxy groups -OCH3 is 1. The summed E-state index contributed by atoms with van der Waals surface area (Å²) in [7, 11) is 1.53. The van der Waals surface area contributed by atoms with Crippen molar-refractivity contribution in [2.45, 2.75) is 6.92 Å². The van der Waals surface area contributed by atoms with Crippen LogP contribution in [0.4, 0.5) is 5.69 Å². The summed E-state index contributed by atoms with van der Waals surface area (Å²) >= 11 is 3.33. The van der Waals surface area contributed by atoms with Crippen molar-refractivity contribution in [1.82, 2.24) is 0 Å². The topological polar surface area (TPSA) is 38.7 Å². The molecule has 0 aromatic heterocycles. The standard InChI is InChI=1S/C9H8BrNO2/c1-6-7(10)3-4-8(13-2)9(6)11-5-12/h3-4H,1-2H3. The molecule has 0 aliphatic heterocycles. The Balaban J connectivity index is 3.40. The maximum Gasteiger partial charge on any atom is 0.240 e. The number of nitrogens with zero attached hydrogens (tertiary/aromatic N) is 1. The van der Waals surface area contributed by atoms with E-state index in [1.807, 2.05) is 13.0 Å². The van der Waals surface area contributed by atoms with Crippen molar-refractivity contribution < 1.29 is 9.53 Å². The molecule has 0 fully saturated rings. The molecule has 0 atom stereocenters. The van der Waals surface area contributed by atoms with Crippen LogP contribution in [0, 0.1) is 6.92 Å². The van der Waals surface area contributed by atoms with Gasteiger partial charge in [0.1, 0.15) is 11.4 Å². The highest BCUT2D eigenvalue weighted by Crippen LogP contribution is 2.35. The van der Waals surface area contributed by atoms with E-state index in [2.05, 4.69) is 20.9 Å². The number of carbonyl (C=O) groups excluding carboxylic acids is 1. The number of isocyanates is 1. The molecule has 0 unspecified atom stereocenters. The molecular formula is C9H8BrNO2. The Morgan fingerprint density at radius 3 is 2.77 bits per heavy atom. The van der Waals surface area contributed by atoms with Crippen LogP contribution >= 0.6 is 15.9 Å². The van der Waals surface area contributed by atoms with E-state index in [9.17, 15) is 4.79 Å². The Labute approximate surface area is 84.6 Å². The molecule has 0 amide bonds. The van der Waals surface area contributed by atoms with Gasteiger partial charge < -0.3 is 4.74 Å². The van der Waals surface area contributed by atoms with E-state index in [4.69, 9.17) is 4.74 Å². The van der Waals surface area contributed by atoms with Crippen LogP contribution in [0.2, 0.25) is 0 Å². The summed E-state index contributed by atoms with van der Waals surface area (Å²) in [5.41, 5.74) is 1.38. The van der Waals surface area contributed by atoms with Crippen LogP contribution in [0.3, 0.4) is 0 Å². The van der Waals surface area contributed by atoms with Crippen molar-refractivity contribution in [2.24, 2.45) is 4.99 Å². The van der Waals surface area contributed by atoms with Crippen molar-refractivity contribution in [3.63, 3.8) is 0 Å². The van der Waals surface area contributed by atoms with E-state index in [1.54, 1.807) is 6.07 Å². The molecule has 0 saturated carbocycles. The molecule has 1 aromatic carbocycles. The third kappa shape index (κ3) is 1.97. The lowest BCUT2D eigenvalue weighted by molar-refractivity contribution is 0.415. The number of halogens is 1. The van der Waals surface area contributed by atoms with Crippen molar-refractivity contribution in [1.29, 1.82) is 0 Å². The van der Waals surface area contributed by atoms with Gasteiger partial charge in [-0.25, -0.2) is 4.79 Å². The van der Waals surface area contributed by atoms with Gasteiger partial charge in [-0.1, -0.05) is 15.9 Å². The van der Waals surface area contributed by atoms with Crippen LogP contribution < -0.4 is 4.74 Å². The normalized spacial score (nSPS) is 9.15. The summed E-state index contributed by atoms with van der Waals surface area (Å²) < 4.78 is 5.93. The number of hydrogen-bond donors (Lipinski definition) is 0. The van der Waals surface area contributed by atoms with E-state index < -0.39 is 0 Å². The van der Waals surface area contributed by atoms with Crippen molar-refractivity contribution in [3.8, 4) is 5.75 Å². The van der Waals surface area contributed by atoms with Gasteiger partial charge in [0.15, 0.2) is 0 Å². The first kappa shape index (κ1) is 9.96. The minimum atomic E-state index is 0.520. The fourth-order valence-corrected chi connectivity index (χ4v) is 1.32. The van der Waals surface area contributed by atoms with Crippen LogP contribution in [0.1, 0.15) is 5.56 Å². The van der Waals surface area contributed by atoms with Gasteiger partial charge in [-0.05, 0) is 24.6 Å². The van der Waals surface area contributed by atoms with Gasteiger partial charge in [0.05, 0.1) is 7.11 Å². The molecule has 0 bridgehead atoms. The van der Waals surface area contributed by atoms with Gasteiger partial charge in [-0.15, -0.1) is 0 Å². The van der Waals surface area contributed by atoms with Gasteiger partial charge in [-0.2, -0.15) is 4.99 Å². The average molecular weight is 242 g/mol. The lowest BCUT2D eigenvalue weighted by Gasteiger charge is -2.06. The molecule has 1 aromatic rings. The second-order valence-corrected chi connectivity index (χ2v) is 3.28. The smallest absolute Gasteiger partial charge is 0.240 e. The number of benzene rings is 1. The summed E-state index contributed by atoms with van der Waals surface area (Å²) in [6.45, 7) is 1.85. The maximum atomic E-state index is 10.1. The first-order chi connectivity index (χ1) is 6.20. The second-order valence-electron chi connectivity index (χ2n) is 2.43. The molecule has 1 rings (SSSR count). The minimum absolute atomic E-state index is 0.520.